The molecule has 2 N–H and O–H groups in total. The first-order chi connectivity index (χ1) is 9.75. The van der Waals surface area contributed by atoms with E-state index in [0.717, 1.165) is 12.0 Å². The maximum Gasteiger partial charge on any atom is 0.242 e. The fourth-order valence-electron chi connectivity index (χ4n) is 3.02. The Bertz CT molecular complexity index is 531. The Hall–Kier alpha value is -1.11. The molecule has 0 aromatic carbocycles. The molecule has 1 aromatic rings. The van der Waals surface area contributed by atoms with Crippen LogP contribution in [-0.4, -0.2) is 41.5 Å². The van der Waals surface area contributed by atoms with Crippen molar-refractivity contribution in [3.63, 3.8) is 0 Å². The number of rotatable bonds is 5. The number of ether oxygens (including phenoxy) is 1. The molecule has 3 atom stereocenters. The summed E-state index contributed by atoms with van der Waals surface area (Å²) in [7, 11) is 5.35. The van der Waals surface area contributed by atoms with E-state index in [1.54, 1.807) is 25.0 Å². The summed E-state index contributed by atoms with van der Waals surface area (Å²) in [5.41, 5.74) is 0.586. The lowest BCUT2D eigenvalue weighted by Crippen LogP contribution is -2.69. The Kier molecular flexibility index (Phi) is 5.65. The van der Waals surface area contributed by atoms with Crippen molar-refractivity contribution in [2.24, 2.45) is 12.5 Å². The molecule has 1 aliphatic rings. The van der Waals surface area contributed by atoms with E-state index in [0.29, 0.717) is 0 Å². The van der Waals surface area contributed by atoms with Crippen LogP contribution in [0.1, 0.15) is 38.8 Å². The highest BCUT2D eigenvalue weighted by atomic mass is 35.5. The zero-order valence-electron chi connectivity index (χ0n) is 14.1. The highest BCUT2D eigenvalue weighted by molar-refractivity contribution is 5.85. The van der Waals surface area contributed by atoms with Gasteiger partial charge in [0.15, 0.2) is 0 Å². The van der Waals surface area contributed by atoms with Gasteiger partial charge in [-0.15, -0.1) is 12.4 Å². The second-order valence-corrected chi connectivity index (χ2v) is 6.59. The number of amides is 1. The van der Waals surface area contributed by atoms with Gasteiger partial charge in [0.1, 0.15) is 6.04 Å². The van der Waals surface area contributed by atoms with Crippen LogP contribution < -0.4 is 10.6 Å². The molecule has 0 aliphatic heterocycles. The maximum atomic E-state index is 12.5. The predicted octanol–water partition coefficient (Wildman–Crippen LogP) is 1.42. The molecule has 0 saturated heterocycles. The molecular weight excluding hydrogens is 304 g/mol. The third-order valence-corrected chi connectivity index (χ3v) is 5.20. The highest BCUT2D eigenvalue weighted by Gasteiger charge is 2.58. The smallest absolute Gasteiger partial charge is 0.242 e. The standard InChI is InChI=1S/C15H26N4O2.ClH/c1-14(2)11(7-15(14,3)21-6)18-13(20)12(16-4)10-8-17-19(5)9-10;/h8-9,11-12,16H,7H2,1-6H3,(H,18,20);1H. The lowest BCUT2D eigenvalue weighted by Gasteiger charge is -2.59. The summed E-state index contributed by atoms with van der Waals surface area (Å²) in [6.07, 6.45) is 4.39. The van der Waals surface area contributed by atoms with Crippen LogP contribution in [-0.2, 0) is 16.6 Å². The number of aryl methyl sites for hydroxylation is 1. The van der Waals surface area contributed by atoms with Crippen molar-refractivity contribution in [3.8, 4) is 0 Å². The van der Waals surface area contributed by atoms with Gasteiger partial charge in [0, 0.05) is 37.4 Å². The van der Waals surface area contributed by atoms with E-state index in [2.05, 4.69) is 36.5 Å². The number of nitrogens with one attached hydrogen (secondary N) is 2. The van der Waals surface area contributed by atoms with Crippen molar-refractivity contribution < 1.29 is 9.53 Å². The number of methoxy groups -OCH3 is 1. The van der Waals surface area contributed by atoms with Crippen LogP contribution in [0.3, 0.4) is 0 Å². The van der Waals surface area contributed by atoms with Gasteiger partial charge < -0.3 is 15.4 Å². The molecule has 22 heavy (non-hydrogen) atoms. The van der Waals surface area contributed by atoms with Crippen LogP contribution in [0.25, 0.3) is 0 Å². The van der Waals surface area contributed by atoms with Crippen molar-refractivity contribution in [2.45, 2.75) is 44.9 Å². The Labute approximate surface area is 138 Å². The molecule has 7 heteroatoms. The third-order valence-electron chi connectivity index (χ3n) is 5.20. The average molecular weight is 331 g/mol. The Balaban J connectivity index is 0.00000242. The summed E-state index contributed by atoms with van der Waals surface area (Å²) in [5.74, 6) is -0.0262. The van der Waals surface area contributed by atoms with Crippen LogP contribution in [0, 0.1) is 5.41 Å². The van der Waals surface area contributed by atoms with Gasteiger partial charge >= 0.3 is 0 Å². The van der Waals surface area contributed by atoms with Crippen molar-refractivity contribution in [1.29, 1.82) is 0 Å². The largest absolute Gasteiger partial charge is 0.378 e. The van der Waals surface area contributed by atoms with E-state index >= 15 is 0 Å². The molecule has 6 nitrogen and oxygen atoms in total. The van der Waals surface area contributed by atoms with E-state index in [-0.39, 0.29) is 41.4 Å². The SMILES string of the molecule is CNC(C(=O)NC1CC(C)(OC)C1(C)C)c1cnn(C)c1.Cl. The van der Waals surface area contributed by atoms with Gasteiger partial charge in [-0.05, 0) is 20.4 Å². The molecule has 1 fully saturated rings. The zero-order chi connectivity index (χ0) is 15.8. The number of carbonyl (C=O) groups is 1. The normalized spacial score (nSPS) is 27.5. The number of aromatic nitrogens is 2. The quantitative estimate of drug-likeness (QED) is 0.857. The van der Waals surface area contributed by atoms with Crippen LogP contribution in [0.4, 0.5) is 0 Å². The molecule has 2 rings (SSSR count). The van der Waals surface area contributed by atoms with Crippen LogP contribution in [0.15, 0.2) is 12.4 Å². The minimum Gasteiger partial charge on any atom is -0.378 e. The molecule has 1 saturated carbocycles. The number of halogens is 1. The molecule has 126 valence electrons. The monoisotopic (exact) mass is 330 g/mol. The molecule has 1 aromatic heterocycles. The van der Waals surface area contributed by atoms with Crippen LogP contribution in [0.2, 0.25) is 0 Å². The number of carbonyl (C=O) groups excluding carboxylic acids is 1. The zero-order valence-corrected chi connectivity index (χ0v) is 15.0. The van der Waals surface area contributed by atoms with E-state index < -0.39 is 0 Å². The second kappa shape index (κ2) is 6.56. The molecule has 3 unspecified atom stereocenters. The van der Waals surface area contributed by atoms with Crippen molar-refractivity contribution in [3.05, 3.63) is 18.0 Å². The van der Waals surface area contributed by atoms with Crippen LogP contribution in [0.5, 0.6) is 0 Å². The van der Waals surface area contributed by atoms with E-state index in [1.807, 2.05) is 13.2 Å². The van der Waals surface area contributed by atoms with E-state index in [4.69, 9.17) is 4.74 Å². The number of hydrogen-bond donors (Lipinski definition) is 2. The Morgan fingerprint density at radius 1 is 1.50 bits per heavy atom. The fraction of sp³-hybridized carbons (Fsp3) is 0.733. The fourth-order valence-corrected chi connectivity index (χ4v) is 3.02. The molecular formula is C15H27ClN4O2. The van der Waals surface area contributed by atoms with Crippen molar-refractivity contribution in [1.82, 2.24) is 20.4 Å². The minimum atomic E-state index is -0.385. The molecule has 1 amide bonds. The van der Waals surface area contributed by atoms with Crippen molar-refractivity contribution >= 4 is 18.3 Å². The Morgan fingerprint density at radius 3 is 2.55 bits per heavy atom. The van der Waals surface area contributed by atoms with E-state index in [9.17, 15) is 4.79 Å². The first-order valence-corrected chi connectivity index (χ1v) is 7.26. The number of nitrogens with zero attached hydrogens (tertiary/aromatic N) is 2. The van der Waals surface area contributed by atoms with E-state index in [1.165, 1.54) is 0 Å². The molecule has 1 aliphatic carbocycles. The summed E-state index contributed by atoms with van der Waals surface area (Å²) < 4.78 is 7.29. The molecule has 0 spiro atoms. The van der Waals surface area contributed by atoms with Gasteiger partial charge in [-0.1, -0.05) is 13.8 Å². The van der Waals surface area contributed by atoms with Crippen LogP contribution >= 0.6 is 12.4 Å². The summed E-state index contributed by atoms with van der Waals surface area (Å²) in [4.78, 5) is 12.5. The topological polar surface area (TPSA) is 68.2 Å². The lowest BCUT2D eigenvalue weighted by atomic mass is 9.56. The minimum absolute atomic E-state index is 0. The van der Waals surface area contributed by atoms with Crippen molar-refractivity contribution in [2.75, 3.05) is 14.2 Å². The second-order valence-electron chi connectivity index (χ2n) is 6.59. The van der Waals surface area contributed by atoms with Gasteiger partial charge in [-0.2, -0.15) is 5.10 Å². The van der Waals surface area contributed by atoms with Gasteiger partial charge in [-0.25, -0.2) is 0 Å². The molecule has 1 heterocycles. The summed E-state index contributed by atoms with van der Waals surface area (Å²) >= 11 is 0. The van der Waals surface area contributed by atoms with Gasteiger partial charge in [0.25, 0.3) is 0 Å². The summed E-state index contributed by atoms with van der Waals surface area (Å²) in [6, 6.07) is -0.272. The van der Waals surface area contributed by atoms with Gasteiger partial charge in [-0.3, -0.25) is 9.48 Å². The summed E-state index contributed by atoms with van der Waals surface area (Å²) in [5, 5.41) is 10.3. The molecule has 0 bridgehead atoms. The predicted molar refractivity (Wildman–Crippen MR) is 88.0 cm³/mol. The number of hydrogen-bond acceptors (Lipinski definition) is 4. The van der Waals surface area contributed by atoms with Gasteiger partial charge in [0.2, 0.25) is 5.91 Å². The maximum absolute atomic E-state index is 12.5. The summed E-state index contributed by atoms with van der Waals surface area (Å²) in [6.45, 7) is 6.35. The first-order valence-electron chi connectivity index (χ1n) is 7.26. The highest BCUT2D eigenvalue weighted by Crippen LogP contribution is 2.51. The third kappa shape index (κ3) is 3.00. The Morgan fingerprint density at radius 2 is 2.14 bits per heavy atom. The first kappa shape index (κ1) is 18.9. The number of likely N-dealkylation sites (N-methyl/N-ethyl adjacent to an activating group) is 1. The molecule has 0 radical (unpaired) electrons. The average Bonchev–Trinajstić information content (AvgIpc) is 2.85. The lowest BCUT2D eigenvalue weighted by molar-refractivity contribution is -0.182. The van der Waals surface area contributed by atoms with Gasteiger partial charge in [0.05, 0.1) is 11.8 Å².